The van der Waals surface area contributed by atoms with Gasteiger partial charge in [-0.3, -0.25) is 0 Å². The van der Waals surface area contributed by atoms with Gasteiger partial charge in [0.05, 0.1) is 12.5 Å². The van der Waals surface area contributed by atoms with E-state index in [1.165, 1.54) is 31.5 Å². The number of hydrogen-bond donors (Lipinski definition) is 1. The van der Waals surface area contributed by atoms with Gasteiger partial charge >= 0.3 is 0 Å². The molecule has 2 unspecified atom stereocenters. The molecule has 2 rings (SSSR count). The Kier molecular flexibility index (Phi) is 4.02. The monoisotopic (exact) mass is 222 g/mol. The molecule has 3 nitrogen and oxygen atoms in total. The molecule has 1 aliphatic heterocycles. The van der Waals surface area contributed by atoms with Crippen molar-refractivity contribution in [1.29, 1.82) is 0 Å². The average Bonchev–Trinajstić information content (AvgIpc) is 2.70. The summed E-state index contributed by atoms with van der Waals surface area (Å²) in [5.41, 5.74) is 1.27. The van der Waals surface area contributed by atoms with E-state index in [9.17, 15) is 0 Å². The molecule has 1 aliphatic rings. The highest BCUT2D eigenvalue weighted by Crippen LogP contribution is 2.17. The summed E-state index contributed by atoms with van der Waals surface area (Å²) in [5.74, 6) is 0.841. The highest BCUT2D eigenvalue weighted by atomic mass is 16.3. The number of nitrogens with one attached hydrogen (secondary N) is 1. The van der Waals surface area contributed by atoms with Crippen LogP contribution in [0, 0.1) is 5.92 Å². The Labute approximate surface area is 97.8 Å². The van der Waals surface area contributed by atoms with Crippen molar-refractivity contribution in [1.82, 2.24) is 10.2 Å². The van der Waals surface area contributed by atoms with Gasteiger partial charge < -0.3 is 14.6 Å². The Morgan fingerprint density at radius 1 is 1.56 bits per heavy atom. The van der Waals surface area contributed by atoms with Crippen molar-refractivity contribution in [2.75, 3.05) is 20.1 Å². The van der Waals surface area contributed by atoms with E-state index in [1.54, 1.807) is 6.26 Å². The van der Waals surface area contributed by atoms with Crippen molar-refractivity contribution in [3.63, 3.8) is 0 Å². The molecule has 90 valence electrons. The van der Waals surface area contributed by atoms with Crippen LogP contribution in [0.5, 0.6) is 0 Å². The maximum Gasteiger partial charge on any atom is 0.0947 e. The lowest BCUT2D eigenvalue weighted by molar-refractivity contribution is 0.215. The van der Waals surface area contributed by atoms with Crippen molar-refractivity contribution in [3.8, 4) is 0 Å². The van der Waals surface area contributed by atoms with E-state index in [2.05, 4.69) is 24.2 Å². The highest BCUT2D eigenvalue weighted by Gasteiger charge is 2.19. The molecule has 16 heavy (non-hydrogen) atoms. The fourth-order valence-corrected chi connectivity index (χ4v) is 2.60. The van der Waals surface area contributed by atoms with Crippen molar-refractivity contribution in [2.45, 2.75) is 32.4 Å². The van der Waals surface area contributed by atoms with Crippen LogP contribution >= 0.6 is 0 Å². The normalized spacial score (nSPS) is 26.2. The number of rotatable bonds is 4. The summed E-state index contributed by atoms with van der Waals surface area (Å²) in [7, 11) is 2.19. The van der Waals surface area contributed by atoms with Crippen LogP contribution in [0.4, 0.5) is 0 Å². The van der Waals surface area contributed by atoms with Gasteiger partial charge in [0.25, 0.3) is 0 Å². The topological polar surface area (TPSA) is 28.4 Å². The van der Waals surface area contributed by atoms with Gasteiger partial charge in [0.2, 0.25) is 0 Å². The molecule has 0 bridgehead atoms. The molecule has 2 heterocycles. The fourth-order valence-electron chi connectivity index (χ4n) is 2.60. The lowest BCUT2D eigenvalue weighted by Gasteiger charge is -2.31. The van der Waals surface area contributed by atoms with Gasteiger partial charge in [-0.25, -0.2) is 0 Å². The molecule has 1 fully saturated rings. The largest absolute Gasteiger partial charge is 0.472 e. The molecule has 0 saturated carbocycles. The van der Waals surface area contributed by atoms with Crippen molar-refractivity contribution < 1.29 is 4.42 Å². The average molecular weight is 222 g/mol. The second-order valence-corrected chi connectivity index (χ2v) is 5.07. The first-order chi connectivity index (χ1) is 7.74. The Hall–Kier alpha value is -0.800. The van der Waals surface area contributed by atoms with E-state index in [1.807, 2.05) is 12.3 Å². The maximum atomic E-state index is 5.09. The maximum absolute atomic E-state index is 5.09. The number of furan rings is 1. The minimum absolute atomic E-state index is 0.682. The van der Waals surface area contributed by atoms with Crippen molar-refractivity contribution in [3.05, 3.63) is 24.2 Å². The Morgan fingerprint density at radius 3 is 3.12 bits per heavy atom. The Balaban J connectivity index is 1.76. The summed E-state index contributed by atoms with van der Waals surface area (Å²) in [5, 5.41) is 3.50. The summed E-state index contributed by atoms with van der Waals surface area (Å²) in [6.07, 6.45) is 6.19. The second-order valence-electron chi connectivity index (χ2n) is 5.07. The molecule has 3 heteroatoms. The van der Waals surface area contributed by atoms with E-state index < -0.39 is 0 Å². The van der Waals surface area contributed by atoms with E-state index in [-0.39, 0.29) is 0 Å². The molecule has 2 atom stereocenters. The van der Waals surface area contributed by atoms with Crippen LogP contribution in [0.2, 0.25) is 0 Å². The van der Waals surface area contributed by atoms with Crippen LogP contribution < -0.4 is 5.32 Å². The van der Waals surface area contributed by atoms with Gasteiger partial charge in [-0.1, -0.05) is 0 Å². The fraction of sp³-hybridized carbons (Fsp3) is 0.692. The molecule has 1 aromatic heterocycles. The van der Waals surface area contributed by atoms with Gasteiger partial charge in [0.1, 0.15) is 0 Å². The first-order valence-electron chi connectivity index (χ1n) is 6.17. The quantitative estimate of drug-likeness (QED) is 0.845. The molecule has 0 aromatic carbocycles. The SMILES string of the molecule is CC1CC(CN(C)Cc2ccoc2)CCN1. The van der Waals surface area contributed by atoms with Crippen molar-refractivity contribution in [2.24, 2.45) is 5.92 Å². The molecule has 1 aromatic rings. The third-order valence-corrected chi connectivity index (χ3v) is 3.33. The van der Waals surface area contributed by atoms with E-state index in [4.69, 9.17) is 4.42 Å². The molecular formula is C13H22N2O. The van der Waals surface area contributed by atoms with Gasteiger partial charge in [-0.15, -0.1) is 0 Å². The van der Waals surface area contributed by atoms with Crippen LogP contribution in [0.25, 0.3) is 0 Å². The number of hydrogen-bond acceptors (Lipinski definition) is 3. The first-order valence-corrected chi connectivity index (χ1v) is 6.17. The first kappa shape index (κ1) is 11.7. The molecule has 1 N–H and O–H groups in total. The molecule has 0 amide bonds. The predicted molar refractivity (Wildman–Crippen MR) is 65.2 cm³/mol. The third kappa shape index (κ3) is 3.35. The van der Waals surface area contributed by atoms with E-state index in [0.29, 0.717) is 6.04 Å². The van der Waals surface area contributed by atoms with Crippen molar-refractivity contribution >= 4 is 0 Å². The lowest BCUT2D eigenvalue weighted by Crippen LogP contribution is -2.39. The highest BCUT2D eigenvalue weighted by molar-refractivity contribution is 5.04. The minimum Gasteiger partial charge on any atom is -0.472 e. The van der Waals surface area contributed by atoms with E-state index in [0.717, 1.165) is 12.5 Å². The Morgan fingerprint density at radius 2 is 2.44 bits per heavy atom. The van der Waals surface area contributed by atoms with Gasteiger partial charge in [0.15, 0.2) is 0 Å². The van der Waals surface area contributed by atoms with Crippen LogP contribution in [0.15, 0.2) is 23.0 Å². The van der Waals surface area contributed by atoms with E-state index >= 15 is 0 Å². The summed E-state index contributed by atoms with van der Waals surface area (Å²) in [6.45, 7) is 5.64. The standard InChI is InChI=1S/C13H22N2O/c1-11-7-12(3-5-14-11)8-15(2)9-13-4-6-16-10-13/h4,6,10-12,14H,3,5,7-9H2,1-2H3. The van der Waals surface area contributed by atoms with Gasteiger partial charge in [-0.2, -0.15) is 0 Å². The molecule has 1 saturated heterocycles. The zero-order valence-corrected chi connectivity index (χ0v) is 10.3. The smallest absolute Gasteiger partial charge is 0.0947 e. The molecule has 0 radical (unpaired) electrons. The Bertz CT molecular complexity index is 297. The third-order valence-electron chi connectivity index (χ3n) is 3.33. The van der Waals surface area contributed by atoms with Crippen LogP contribution in [0.3, 0.4) is 0 Å². The predicted octanol–water partition coefficient (Wildman–Crippen LogP) is 2.10. The second kappa shape index (κ2) is 5.51. The number of nitrogens with zero attached hydrogens (tertiary/aromatic N) is 1. The molecule has 0 aliphatic carbocycles. The summed E-state index contributed by atoms with van der Waals surface area (Å²) in [6, 6.07) is 2.72. The summed E-state index contributed by atoms with van der Waals surface area (Å²) in [4.78, 5) is 2.40. The van der Waals surface area contributed by atoms with Crippen LogP contribution in [0.1, 0.15) is 25.3 Å². The summed E-state index contributed by atoms with van der Waals surface area (Å²) >= 11 is 0. The minimum atomic E-state index is 0.682. The van der Waals surface area contributed by atoms with Crippen LogP contribution in [-0.4, -0.2) is 31.1 Å². The molecular weight excluding hydrogens is 200 g/mol. The lowest BCUT2D eigenvalue weighted by atomic mass is 9.93. The zero-order chi connectivity index (χ0) is 11.4. The zero-order valence-electron chi connectivity index (χ0n) is 10.3. The molecule has 0 spiro atoms. The van der Waals surface area contributed by atoms with Gasteiger partial charge in [-0.05, 0) is 45.3 Å². The summed E-state index contributed by atoms with van der Waals surface area (Å²) < 4.78 is 5.09. The van der Waals surface area contributed by atoms with Gasteiger partial charge in [0, 0.05) is 24.7 Å². The van der Waals surface area contributed by atoms with Crippen LogP contribution in [-0.2, 0) is 6.54 Å². The number of piperidine rings is 1.